The quantitative estimate of drug-likeness (QED) is 0.461. The predicted octanol–water partition coefficient (Wildman–Crippen LogP) is 4.39. The van der Waals surface area contributed by atoms with E-state index in [1.165, 1.54) is 29.5 Å². The van der Waals surface area contributed by atoms with Gasteiger partial charge in [-0.3, -0.25) is 0 Å². The molecule has 3 heterocycles. The van der Waals surface area contributed by atoms with E-state index >= 15 is 0 Å². The zero-order valence-corrected chi connectivity index (χ0v) is 21.3. The Hall–Kier alpha value is -4.08. The number of rotatable bonds is 8. The van der Waals surface area contributed by atoms with Crippen molar-refractivity contribution < 1.29 is 27.5 Å². The normalized spacial score (nSPS) is 18.6. The van der Waals surface area contributed by atoms with Crippen LogP contribution in [0.4, 0.5) is 0 Å². The molecular formula is C29H26N2O6S. The Morgan fingerprint density at radius 3 is 2.50 bits per heavy atom. The molecule has 9 heteroatoms. The first-order chi connectivity index (χ1) is 18.4. The third-order valence-electron chi connectivity index (χ3n) is 7.09. The van der Waals surface area contributed by atoms with Gasteiger partial charge in [0.15, 0.2) is 6.04 Å². The minimum Gasteiger partial charge on any atom is -0.492 e. The number of carboxylic acids is 1. The molecule has 2 aliphatic heterocycles. The minimum absolute atomic E-state index is 0.0368. The second kappa shape index (κ2) is 9.66. The van der Waals surface area contributed by atoms with E-state index in [2.05, 4.69) is 29.3 Å². The number of allylic oxidation sites excluding steroid dienone is 3. The largest absolute Gasteiger partial charge is 0.492 e. The van der Waals surface area contributed by atoms with E-state index in [-0.39, 0.29) is 17.2 Å². The van der Waals surface area contributed by atoms with Crippen LogP contribution in [0.25, 0.3) is 11.1 Å². The first kappa shape index (κ1) is 24.3. The molecule has 1 atom stereocenters. The molecule has 1 aromatic heterocycles. The summed E-state index contributed by atoms with van der Waals surface area (Å²) in [6.45, 7) is 2.35. The Morgan fingerprint density at radius 1 is 1.05 bits per heavy atom. The fourth-order valence-corrected chi connectivity index (χ4v) is 6.65. The Balaban J connectivity index is 1.11. The fraction of sp³-hybridized carbons (Fsp3) is 0.207. The van der Waals surface area contributed by atoms with Crippen LogP contribution in [0.2, 0.25) is 0 Å². The van der Waals surface area contributed by atoms with Crippen LogP contribution in [-0.2, 0) is 21.2 Å². The van der Waals surface area contributed by atoms with Gasteiger partial charge in [0.1, 0.15) is 18.1 Å². The first-order valence-corrected chi connectivity index (χ1v) is 13.8. The average Bonchev–Trinajstić information content (AvgIpc) is 3.65. The highest BCUT2D eigenvalue weighted by atomic mass is 32.2. The highest BCUT2D eigenvalue weighted by Gasteiger charge is 2.42. The highest BCUT2D eigenvalue weighted by molar-refractivity contribution is 7.89. The third-order valence-corrected chi connectivity index (χ3v) is 8.97. The lowest BCUT2D eigenvalue weighted by Gasteiger charge is -2.31. The van der Waals surface area contributed by atoms with Crippen LogP contribution in [0.3, 0.4) is 0 Å². The van der Waals surface area contributed by atoms with Crippen molar-refractivity contribution in [1.29, 1.82) is 0 Å². The number of hydrogen-bond donors (Lipinski definition) is 1. The molecule has 2 aromatic carbocycles. The van der Waals surface area contributed by atoms with Gasteiger partial charge in [0.2, 0.25) is 10.0 Å². The van der Waals surface area contributed by atoms with Crippen molar-refractivity contribution in [3.8, 4) is 16.9 Å². The SMILES string of the molecule is O=C(O)C1c2occc2CCN1S(=O)(=O)c1ccc(-c2ccc(OCCN3C=C4C=CC=C4C3)cc2)cc1. The molecule has 3 aliphatic rings. The number of benzene rings is 2. The molecule has 0 saturated heterocycles. The monoisotopic (exact) mass is 530 g/mol. The van der Waals surface area contributed by atoms with E-state index in [1.54, 1.807) is 18.2 Å². The number of hydrogen-bond acceptors (Lipinski definition) is 6. The highest BCUT2D eigenvalue weighted by Crippen LogP contribution is 2.35. The summed E-state index contributed by atoms with van der Waals surface area (Å²) in [5.41, 5.74) is 5.10. The van der Waals surface area contributed by atoms with E-state index in [1.807, 2.05) is 24.3 Å². The number of furan rings is 1. The van der Waals surface area contributed by atoms with Gasteiger partial charge in [-0.05, 0) is 64.6 Å². The van der Waals surface area contributed by atoms with Gasteiger partial charge >= 0.3 is 5.97 Å². The van der Waals surface area contributed by atoms with Crippen molar-refractivity contribution in [1.82, 2.24) is 9.21 Å². The standard InChI is InChI=1S/C29H26N2O6S/c32-29(33)27-28-22(13-16-37-28)12-14-31(27)38(34,35)26-10-6-21(7-11-26)20-4-8-25(9-5-20)36-17-15-30-18-23-2-1-3-24(23)19-30/h1-11,13,16,18,27H,12,14-15,17,19H2,(H,32,33). The van der Waals surface area contributed by atoms with Crippen LogP contribution in [0.15, 0.2) is 106 Å². The van der Waals surface area contributed by atoms with Crippen LogP contribution in [0.5, 0.6) is 5.75 Å². The minimum atomic E-state index is -4.05. The van der Waals surface area contributed by atoms with Gasteiger partial charge in [-0.1, -0.05) is 42.5 Å². The Morgan fingerprint density at radius 2 is 1.79 bits per heavy atom. The van der Waals surface area contributed by atoms with E-state index in [9.17, 15) is 18.3 Å². The molecule has 0 bridgehead atoms. The molecule has 1 N–H and O–H groups in total. The van der Waals surface area contributed by atoms with E-state index < -0.39 is 22.0 Å². The second-order valence-corrected chi connectivity index (χ2v) is 11.3. The van der Waals surface area contributed by atoms with Crippen molar-refractivity contribution in [2.45, 2.75) is 17.4 Å². The maximum Gasteiger partial charge on any atom is 0.329 e. The van der Waals surface area contributed by atoms with E-state index in [0.29, 0.717) is 13.0 Å². The molecule has 6 rings (SSSR count). The van der Waals surface area contributed by atoms with Crippen LogP contribution < -0.4 is 4.74 Å². The second-order valence-electron chi connectivity index (χ2n) is 9.42. The van der Waals surface area contributed by atoms with Crippen LogP contribution in [0, 0.1) is 0 Å². The van der Waals surface area contributed by atoms with Crippen molar-refractivity contribution in [3.05, 3.63) is 108 Å². The zero-order chi connectivity index (χ0) is 26.3. The molecule has 0 saturated carbocycles. The summed E-state index contributed by atoms with van der Waals surface area (Å²) in [4.78, 5) is 14.2. The molecule has 3 aromatic rings. The number of carbonyl (C=O) groups is 1. The number of sulfonamides is 1. The number of carboxylic acid groups (broad SMARTS) is 1. The predicted molar refractivity (Wildman–Crippen MR) is 141 cm³/mol. The molecule has 1 aliphatic carbocycles. The molecule has 0 spiro atoms. The summed E-state index contributed by atoms with van der Waals surface area (Å²) in [6, 6.07) is 14.4. The van der Waals surface area contributed by atoms with Gasteiger partial charge in [-0.2, -0.15) is 4.31 Å². The topological polar surface area (TPSA) is 100 Å². The van der Waals surface area contributed by atoms with E-state index in [0.717, 1.165) is 39.8 Å². The molecule has 0 radical (unpaired) electrons. The summed E-state index contributed by atoms with van der Waals surface area (Å²) in [7, 11) is -4.05. The molecule has 194 valence electrons. The summed E-state index contributed by atoms with van der Waals surface area (Å²) in [6.07, 6.45) is 10.3. The lowest BCUT2D eigenvalue weighted by molar-refractivity contribution is -0.142. The van der Waals surface area contributed by atoms with Crippen LogP contribution >= 0.6 is 0 Å². The molecule has 0 amide bonds. The number of aliphatic carboxylic acids is 1. The summed E-state index contributed by atoms with van der Waals surface area (Å²) in [5.74, 6) is -0.333. The van der Waals surface area contributed by atoms with Crippen LogP contribution in [0.1, 0.15) is 17.4 Å². The lowest BCUT2D eigenvalue weighted by Crippen LogP contribution is -2.43. The number of nitrogens with zero attached hydrogens (tertiary/aromatic N) is 2. The summed E-state index contributed by atoms with van der Waals surface area (Å²) in [5, 5.41) is 9.76. The smallest absolute Gasteiger partial charge is 0.329 e. The van der Waals surface area contributed by atoms with Crippen molar-refractivity contribution in [2.24, 2.45) is 0 Å². The molecule has 0 fully saturated rings. The average molecular weight is 531 g/mol. The molecule has 1 unspecified atom stereocenters. The van der Waals surface area contributed by atoms with Crippen molar-refractivity contribution in [2.75, 3.05) is 26.2 Å². The maximum atomic E-state index is 13.4. The Labute approximate surface area is 220 Å². The first-order valence-electron chi connectivity index (χ1n) is 12.4. The van der Waals surface area contributed by atoms with Crippen molar-refractivity contribution in [3.63, 3.8) is 0 Å². The van der Waals surface area contributed by atoms with Crippen molar-refractivity contribution >= 4 is 16.0 Å². The van der Waals surface area contributed by atoms with Crippen LogP contribution in [-0.4, -0.2) is 54.9 Å². The summed E-state index contributed by atoms with van der Waals surface area (Å²) >= 11 is 0. The zero-order valence-electron chi connectivity index (χ0n) is 20.5. The Kier molecular flexibility index (Phi) is 6.17. The fourth-order valence-electron chi connectivity index (χ4n) is 5.10. The maximum absolute atomic E-state index is 13.4. The van der Waals surface area contributed by atoms with Gasteiger partial charge in [-0.15, -0.1) is 0 Å². The lowest BCUT2D eigenvalue weighted by atomic mass is 10.0. The molecule has 38 heavy (non-hydrogen) atoms. The Bertz CT molecular complexity index is 1570. The molecule has 8 nitrogen and oxygen atoms in total. The van der Waals surface area contributed by atoms with Gasteiger partial charge in [0, 0.05) is 19.3 Å². The van der Waals surface area contributed by atoms with Gasteiger partial charge in [0.25, 0.3) is 0 Å². The van der Waals surface area contributed by atoms with Gasteiger partial charge in [0.05, 0.1) is 17.7 Å². The number of ether oxygens (including phenoxy) is 1. The molecular weight excluding hydrogens is 504 g/mol. The van der Waals surface area contributed by atoms with Gasteiger partial charge in [-0.25, -0.2) is 13.2 Å². The number of fused-ring (bicyclic) bond motifs is 2. The third kappa shape index (κ3) is 4.44. The summed E-state index contributed by atoms with van der Waals surface area (Å²) < 4.78 is 39.0. The van der Waals surface area contributed by atoms with Gasteiger partial charge < -0.3 is 19.2 Å². The van der Waals surface area contributed by atoms with E-state index in [4.69, 9.17) is 9.15 Å².